The largest absolute Gasteiger partial charge is 0.494 e. The smallest absolute Gasteiger partial charge is 0.444 e. The van der Waals surface area contributed by atoms with E-state index in [-0.39, 0.29) is 52.9 Å². The maximum atomic E-state index is 12.8. The first-order chi connectivity index (χ1) is 43.9. The molecule has 6 aromatic rings. The molecule has 0 bridgehead atoms. The maximum absolute atomic E-state index is 12.8. The van der Waals surface area contributed by atoms with Crippen LogP contribution in [-0.2, 0) is 55.3 Å². The van der Waals surface area contributed by atoms with E-state index in [0.29, 0.717) is 55.6 Å². The van der Waals surface area contributed by atoms with Gasteiger partial charge in [-0.2, -0.15) is 0 Å². The van der Waals surface area contributed by atoms with Gasteiger partial charge in [-0.1, -0.05) is 95.6 Å². The van der Waals surface area contributed by atoms with Crippen LogP contribution in [0.3, 0.4) is 0 Å². The Balaban J connectivity index is 0.000000175. The van der Waals surface area contributed by atoms with Crippen LogP contribution in [0.15, 0.2) is 95.9 Å². The fourth-order valence-corrected chi connectivity index (χ4v) is 13.4. The van der Waals surface area contributed by atoms with Crippen molar-refractivity contribution in [2.24, 2.45) is 0 Å². The summed E-state index contributed by atoms with van der Waals surface area (Å²) in [5.41, 5.74) is 14.9. The second kappa shape index (κ2) is 28.4. The summed E-state index contributed by atoms with van der Waals surface area (Å²) in [5.74, 6) is 0.255. The lowest BCUT2D eigenvalue weighted by Gasteiger charge is -2.32. The van der Waals surface area contributed by atoms with Crippen LogP contribution < -0.4 is 5.46 Å². The highest BCUT2D eigenvalue weighted by Crippen LogP contribution is 2.40. The van der Waals surface area contributed by atoms with Gasteiger partial charge >= 0.3 is 19.3 Å². The van der Waals surface area contributed by atoms with E-state index < -0.39 is 11.2 Å². The molecule has 3 aliphatic heterocycles. The first-order valence-electron chi connectivity index (χ1n) is 32.5. The summed E-state index contributed by atoms with van der Waals surface area (Å²) in [6.07, 6.45) is 20.0. The van der Waals surface area contributed by atoms with E-state index in [1.165, 1.54) is 56.9 Å². The van der Waals surface area contributed by atoms with Crippen molar-refractivity contribution in [3.8, 4) is 11.3 Å². The molecule has 0 radical (unpaired) electrons. The molecule has 5 aliphatic rings. The Morgan fingerprint density at radius 2 is 1.13 bits per heavy atom. The number of ketones is 2. The molecule has 1 saturated heterocycles. The zero-order valence-electron chi connectivity index (χ0n) is 58.2. The van der Waals surface area contributed by atoms with Crippen molar-refractivity contribution >= 4 is 82.8 Å². The minimum Gasteiger partial charge on any atom is -0.444 e. The Bertz CT molecular complexity index is 3970. The van der Waals surface area contributed by atoms with Crippen LogP contribution >= 0.6 is 34.3 Å². The standard InChI is InChI=1S/C34H40N4O3S.C23H32BNO3S.C17H20ClN3O2/c1-21-16-24(9-8-22(21)10-11-28(39)31-35-19-29(42-31)33(2,3)4)30-26-17-25(18-27(26)36-20-37-30)23-12-14-38(15-13-23)32(40)41-34(5,6)7;1-15-13-17(24-27-22(5,6)23(7,8)28-24)11-9-16(15)10-12-18(26)19-14-25-20(29-19)21(2,3)4;1-17(2,3)23-16(22)21-6-4-11(5-7-21)12-8-13-14(9-12)19-10-20-15(13)18/h8-9,12,16,18-20H,10-11,13-15,17H2,1-7H3;9,11,13-14H,10,12H2,1-8H3;4,9-10H,5-8H2,1-3H3. The highest BCUT2D eigenvalue weighted by Gasteiger charge is 2.52. The van der Waals surface area contributed by atoms with E-state index in [2.05, 4.69) is 174 Å². The Labute approximate surface area is 569 Å². The van der Waals surface area contributed by atoms with Crippen LogP contribution in [0.4, 0.5) is 9.59 Å². The minimum absolute atomic E-state index is 0.00357. The third-order valence-electron chi connectivity index (χ3n) is 17.5. The number of carbonyl (C=O) groups excluding carboxylic acids is 4. The van der Waals surface area contributed by atoms with Gasteiger partial charge in [0.25, 0.3) is 0 Å². The molecule has 0 spiro atoms. The third-order valence-corrected chi connectivity index (χ3v) is 20.7. The molecule has 2 amide bonds. The van der Waals surface area contributed by atoms with Crippen molar-refractivity contribution in [2.75, 3.05) is 26.2 Å². The van der Waals surface area contributed by atoms with E-state index >= 15 is 0 Å². The van der Waals surface area contributed by atoms with E-state index in [9.17, 15) is 19.2 Å². The van der Waals surface area contributed by atoms with Gasteiger partial charge in [-0.05, 0) is 182 Å². The number of fused-ring (bicyclic) bond motifs is 2. The molecule has 16 nitrogen and oxygen atoms in total. The maximum Gasteiger partial charge on any atom is 0.494 e. The summed E-state index contributed by atoms with van der Waals surface area (Å²) in [4.78, 5) is 81.7. The summed E-state index contributed by atoms with van der Waals surface area (Å²) >= 11 is 9.14. The number of aromatic nitrogens is 6. The number of hydrogen-bond acceptors (Lipinski definition) is 16. The van der Waals surface area contributed by atoms with Gasteiger partial charge in [0.1, 0.15) is 29.0 Å². The predicted octanol–water partition coefficient (Wildman–Crippen LogP) is 16.0. The highest BCUT2D eigenvalue weighted by molar-refractivity contribution is 7.14. The predicted molar refractivity (Wildman–Crippen MR) is 377 cm³/mol. The molecule has 498 valence electrons. The lowest BCUT2D eigenvalue weighted by Crippen LogP contribution is -2.41. The molecule has 11 rings (SSSR count). The Hall–Kier alpha value is -7.03. The highest BCUT2D eigenvalue weighted by atomic mass is 35.5. The van der Waals surface area contributed by atoms with Gasteiger partial charge in [0.05, 0.1) is 38.2 Å². The average Bonchev–Trinajstić information content (AvgIpc) is 1.13. The lowest BCUT2D eigenvalue weighted by molar-refractivity contribution is 0.00578. The number of amides is 2. The number of carbonyl (C=O) groups is 4. The van der Waals surface area contributed by atoms with Crippen molar-refractivity contribution in [3.63, 3.8) is 0 Å². The molecule has 4 aromatic heterocycles. The molecule has 94 heavy (non-hydrogen) atoms. The number of benzene rings is 2. The van der Waals surface area contributed by atoms with Crippen molar-refractivity contribution in [3.05, 3.63) is 166 Å². The van der Waals surface area contributed by atoms with Crippen molar-refractivity contribution in [1.29, 1.82) is 0 Å². The van der Waals surface area contributed by atoms with Crippen LogP contribution in [0.1, 0.15) is 211 Å². The third kappa shape index (κ3) is 17.7. The number of rotatable bonds is 12. The topological polar surface area (TPSA) is 189 Å². The molecule has 2 aromatic carbocycles. The molecule has 2 aliphatic carbocycles. The van der Waals surface area contributed by atoms with Gasteiger partial charge in [-0.3, -0.25) is 9.59 Å². The zero-order chi connectivity index (χ0) is 68.5. The number of halogens is 1. The van der Waals surface area contributed by atoms with Crippen molar-refractivity contribution in [1.82, 2.24) is 39.7 Å². The van der Waals surface area contributed by atoms with Gasteiger partial charge in [-0.25, -0.2) is 39.5 Å². The van der Waals surface area contributed by atoms with Crippen molar-refractivity contribution in [2.45, 2.75) is 209 Å². The molecule has 0 atom stereocenters. The van der Waals surface area contributed by atoms with Gasteiger partial charge < -0.3 is 28.6 Å². The summed E-state index contributed by atoms with van der Waals surface area (Å²) in [6, 6.07) is 12.7. The normalized spacial score (nSPS) is 16.7. The summed E-state index contributed by atoms with van der Waals surface area (Å²) < 4.78 is 23.2. The van der Waals surface area contributed by atoms with Crippen LogP contribution in [-0.4, -0.2) is 119 Å². The molecule has 1 fully saturated rings. The van der Waals surface area contributed by atoms with Gasteiger partial charge in [0.15, 0.2) is 16.6 Å². The Morgan fingerprint density at radius 3 is 1.61 bits per heavy atom. The number of Topliss-reactive ketones (excluding diaryl/α,β-unsaturated/α-hetero) is 2. The molecule has 0 unspecified atom stereocenters. The SMILES string of the molecule is CC(C)(C)OC(=O)N1CC=C(C2=Cc3ncnc(Cl)c3C2)CC1.Cc1cc(-c2ncnc3c2CC(C2=CCN(C(=O)OC(C)(C)C)CC2)=C3)ccc1CCC(=O)c1ncc(C(C)(C)C)s1.Cc1cc(B2OC(C)(C)C(C)(C)O2)ccc1CCC(=O)c1cnc(C(C)(C)C)s1. The second-order valence-corrected chi connectivity index (χ2v) is 32.4. The Morgan fingerprint density at radius 1 is 0.606 bits per heavy atom. The molecule has 20 heteroatoms. The van der Waals surface area contributed by atoms with Crippen LogP contribution in [0.25, 0.3) is 23.4 Å². The zero-order valence-corrected chi connectivity index (χ0v) is 60.6. The van der Waals surface area contributed by atoms with Crippen molar-refractivity contribution < 1.29 is 38.0 Å². The summed E-state index contributed by atoms with van der Waals surface area (Å²) in [7, 11) is -0.359. The number of nitrogens with zero attached hydrogens (tertiary/aromatic N) is 8. The van der Waals surface area contributed by atoms with E-state index in [0.717, 1.165) is 103 Å². The first kappa shape index (κ1) is 71.3. The van der Waals surface area contributed by atoms with E-state index in [1.54, 1.807) is 22.3 Å². The summed E-state index contributed by atoms with van der Waals surface area (Å²) in [5, 5.41) is 2.12. The fraction of sp³-hybridized carbons (Fsp3) is 0.486. The second-order valence-electron chi connectivity index (χ2n) is 29.9. The molecule has 0 N–H and O–H groups in total. The molecular formula is C74H92BClN8O8S2. The first-order valence-corrected chi connectivity index (χ1v) is 34.6. The minimum atomic E-state index is -0.502. The molecular weight excluding hydrogens is 1240 g/mol. The monoisotopic (exact) mass is 1330 g/mol. The number of thiazole rings is 2. The molecule has 0 saturated carbocycles. The fourth-order valence-electron chi connectivity index (χ4n) is 11.3. The molecule has 7 heterocycles. The van der Waals surface area contributed by atoms with E-state index in [1.807, 2.05) is 47.7 Å². The number of allylic oxidation sites excluding steroid dienone is 2. The van der Waals surface area contributed by atoms with E-state index in [4.69, 9.17) is 30.4 Å². The number of aryl methyl sites for hydroxylation is 4. The van der Waals surface area contributed by atoms with Gasteiger partial charge in [0.2, 0.25) is 0 Å². The van der Waals surface area contributed by atoms with Gasteiger partial charge in [-0.15, -0.1) is 22.7 Å². The Kier molecular flexibility index (Phi) is 21.5. The average molecular weight is 1330 g/mol. The lowest BCUT2D eigenvalue weighted by atomic mass is 9.77. The van der Waals surface area contributed by atoms with Crippen LogP contribution in [0, 0.1) is 13.8 Å². The summed E-state index contributed by atoms with van der Waals surface area (Å²) in [6.45, 7) is 38.9. The van der Waals surface area contributed by atoms with Gasteiger partial charge in [0, 0.05) is 91.2 Å². The number of hydrogen-bond donors (Lipinski definition) is 0. The number of ether oxygens (including phenoxy) is 2. The van der Waals surface area contributed by atoms with Crippen LogP contribution in [0.2, 0.25) is 5.15 Å². The van der Waals surface area contributed by atoms with Crippen LogP contribution in [0.5, 0.6) is 0 Å². The quantitative estimate of drug-likeness (QED) is 0.0639.